The Morgan fingerprint density at radius 1 is 1.05 bits per heavy atom. The molecule has 2 fully saturated rings. The topological polar surface area (TPSA) is 122 Å². The number of phenols is 1. The molecule has 1 N–H and O–H groups in total. The third kappa shape index (κ3) is 4.27. The Morgan fingerprint density at radius 2 is 1.79 bits per heavy atom. The molecule has 2 amide bonds. The smallest absolute Gasteiger partial charge is 0.271 e. The highest BCUT2D eigenvalue weighted by Crippen LogP contribution is 2.50. The van der Waals surface area contributed by atoms with Crippen molar-refractivity contribution in [3.8, 4) is 11.5 Å². The van der Waals surface area contributed by atoms with E-state index in [1.165, 1.54) is 23.3 Å². The quantitative estimate of drug-likeness (QED) is 0.233. The molecule has 3 aromatic carbocycles. The molecule has 3 aromatic rings. The Balaban J connectivity index is 1.62. The summed E-state index contributed by atoms with van der Waals surface area (Å²) in [7, 11) is 0. The lowest BCUT2D eigenvalue weighted by molar-refractivity contribution is -0.384. The molecule has 10 nitrogen and oxygen atoms in total. The van der Waals surface area contributed by atoms with Crippen LogP contribution in [-0.4, -0.2) is 34.6 Å². The highest BCUT2D eigenvalue weighted by atomic mass is 79.9. The fourth-order valence-corrected chi connectivity index (χ4v) is 5.35. The van der Waals surface area contributed by atoms with Gasteiger partial charge in [-0.25, -0.2) is 9.96 Å². The van der Waals surface area contributed by atoms with Crippen LogP contribution in [0, 0.1) is 16.0 Å². The molecule has 2 aliphatic rings. The Hall–Kier alpha value is -3.96. The third-order valence-electron chi connectivity index (χ3n) is 6.71. The van der Waals surface area contributed by atoms with Gasteiger partial charge < -0.3 is 9.84 Å². The highest BCUT2D eigenvalue weighted by molar-refractivity contribution is 9.10. The molecule has 3 atom stereocenters. The fraction of sp³-hybridized carbons (Fsp3) is 0.259. The average molecular weight is 582 g/mol. The van der Waals surface area contributed by atoms with Crippen LogP contribution in [0.3, 0.4) is 0 Å². The predicted molar refractivity (Wildman–Crippen MR) is 142 cm³/mol. The lowest BCUT2D eigenvalue weighted by Gasteiger charge is -2.29. The van der Waals surface area contributed by atoms with E-state index < -0.39 is 34.8 Å². The second kappa shape index (κ2) is 10.1. The zero-order valence-electron chi connectivity index (χ0n) is 20.5. The zero-order chi connectivity index (χ0) is 27.1. The monoisotopic (exact) mass is 581 g/mol. The van der Waals surface area contributed by atoms with Gasteiger partial charge in [-0.2, -0.15) is 0 Å². The van der Waals surface area contributed by atoms with E-state index in [-0.39, 0.29) is 23.8 Å². The van der Waals surface area contributed by atoms with Crippen LogP contribution in [0.5, 0.6) is 11.5 Å². The zero-order valence-corrected chi connectivity index (χ0v) is 22.1. The molecule has 0 bridgehead atoms. The van der Waals surface area contributed by atoms with E-state index >= 15 is 0 Å². The van der Waals surface area contributed by atoms with E-state index in [1.54, 1.807) is 37.3 Å². The van der Waals surface area contributed by atoms with Crippen molar-refractivity contribution in [2.24, 2.45) is 5.92 Å². The van der Waals surface area contributed by atoms with Gasteiger partial charge in [0.05, 0.1) is 33.4 Å². The number of hydrogen-bond donors (Lipinski definition) is 1. The van der Waals surface area contributed by atoms with Crippen LogP contribution in [0.1, 0.15) is 31.0 Å². The van der Waals surface area contributed by atoms with Crippen molar-refractivity contribution >= 4 is 44.8 Å². The molecule has 11 heteroatoms. The number of hydroxylamine groups is 1. The number of carbonyl (C=O) groups excluding carboxylic acids is 2. The van der Waals surface area contributed by atoms with E-state index in [1.807, 2.05) is 19.1 Å². The standard InChI is InChI=1S/C27H24BrN3O7/c1-3-15-8-10-17(11-9-15)29-26(33)22-23(16-12-20(28)24(32)21(13-16)37-4-2)30(38-25(22)27(29)34)18-6-5-7-19(14-18)31(35)36/h5-14,22-23,25,32H,3-4H2,1-2H3/t22-,23-,25+/m0/s1. The van der Waals surface area contributed by atoms with Crippen molar-refractivity contribution in [1.29, 1.82) is 0 Å². The number of nitrogens with zero attached hydrogens (tertiary/aromatic N) is 3. The van der Waals surface area contributed by atoms with Gasteiger partial charge in [0.25, 0.3) is 11.6 Å². The van der Waals surface area contributed by atoms with E-state index in [9.17, 15) is 24.8 Å². The lowest BCUT2D eigenvalue weighted by Crippen LogP contribution is -2.37. The first-order valence-corrected chi connectivity index (χ1v) is 12.9. The number of aryl methyl sites for hydroxylation is 1. The number of nitro benzene ring substituents is 1. The van der Waals surface area contributed by atoms with Crippen LogP contribution in [-0.2, 0) is 20.8 Å². The van der Waals surface area contributed by atoms with Gasteiger partial charge in [-0.05, 0) is 70.7 Å². The maximum absolute atomic E-state index is 13.8. The summed E-state index contributed by atoms with van der Waals surface area (Å²) in [4.78, 5) is 45.5. The molecule has 2 heterocycles. The number of non-ortho nitro benzene ring substituents is 1. The number of amides is 2. The molecule has 196 valence electrons. The number of fused-ring (bicyclic) bond motifs is 1. The van der Waals surface area contributed by atoms with E-state index in [0.29, 0.717) is 21.4 Å². The molecule has 0 unspecified atom stereocenters. The minimum Gasteiger partial charge on any atom is -0.503 e. The summed E-state index contributed by atoms with van der Waals surface area (Å²) in [6, 6.07) is 15.3. The minimum atomic E-state index is -1.15. The van der Waals surface area contributed by atoms with Crippen molar-refractivity contribution in [1.82, 2.24) is 0 Å². The first-order chi connectivity index (χ1) is 18.2. The summed E-state index contributed by atoms with van der Waals surface area (Å²) in [6.07, 6.45) is -0.338. The van der Waals surface area contributed by atoms with Gasteiger partial charge in [0, 0.05) is 12.1 Å². The molecule has 0 saturated carbocycles. The third-order valence-corrected chi connectivity index (χ3v) is 7.31. The summed E-state index contributed by atoms with van der Waals surface area (Å²) in [6.45, 7) is 4.06. The van der Waals surface area contributed by atoms with Crippen LogP contribution in [0.25, 0.3) is 0 Å². The van der Waals surface area contributed by atoms with Crippen LogP contribution in [0.2, 0.25) is 0 Å². The Bertz CT molecular complexity index is 1430. The number of anilines is 2. The van der Waals surface area contributed by atoms with Gasteiger partial charge >= 0.3 is 0 Å². The number of hydrogen-bond acceptors (Lipinski definition) is 8. The molecule has 0 radical (unpaired) electrons. The first-order valence-electron chi connectivity index (χ1n) is 12.1. The average Bonchev–Trinajstić information content (AvgIpc) is 3.42. The van der Waals surface area contributed by atoms with Gasteiger partial charge in [-0.1, -0.05) is 25.1 Å². The number of ether oxygens (including phenoxy) is 1. The largest absolute Gasteiger partial charge is 0.503 e. The van der Waals surface area contributed by atoms with Gasteiger partial charge in [0.15, 0.2) is 17.6 Å². The van der Waals surface area contributed by atoms with Crippen molar-refractivity contribution in [2.45, 2.75) is 32.4 Å². The molecule has 2 aliphatic heterocycles. The van der Waals surface area contributed by atoms with E-state index in [2.05, 4.69) is 15.9 Å². The normalized spacial score (nSPS) is 20.7. The number of nitro groups is 1. The second-order valence-electron chi connectivity index (χ2n) is 8.91. The lowest BCUT2D eigenvalue weighted by atomic mass is 9.90. The number of rotatable bonds is 7. The number of imide groups is 1. The van der Waals surface area contributed by atoms with Gasteiger partial charge in [-0.15, -0.1) is 0 Å². The number of benzene rings is 3. The molecule has 0 aromatic heterocycles. The van der Waals surface area contributed by atoms with Gasteiger partial charge in [0.2, 0.25) is 5.91 Å². The summed E-state index contributed by atoms with van der Waals surface area (Å²) >= 11 is 3.34. The Morgan fingerprint density at radius 3 is 2.45 bits per heavy atom. The molecule has 38 heavy (non-hydrogen) atoms. The van der Waals surface area contributed by atoms with Crippen molar-refractivity contribution in [2.75, 3.05) is 16.6 Å². The molecule has 0 spiro atoms. The molecule has 2 saturated heterocycles. The number of aromatic hydroxyl groups is 1. The van der Waals surface area contributed by atoms with Gasteiger partial charge in [0.1, 0.15) is 5.92 Å². The Labute approximate surface area is 226 Å². The molecule has 0 aliphatic carbocycles. The van der Waals surface area contributed by atoms with Crippen LogP contribution in [0.15, 0.2) is 65.1 Å². The fourth-order valence-electron chi connectivity index (χ4n) is 4.89. The van der Waals surface area contributed by atoms with Gasteiger partial charge in [-0.3, -0.25) is 24.5 Å². The SMILES string of the molecule is CCOc1cc([C@H]2[C@@H]3C(=O)N(c4ccc(CC)cc4)C(=O)[C@@H]3ON2c2cccc([N+](=O)[O-])c2)cc(Br)c1O. The predicted octanol–water partition coefficient (Wildman–Crippen LogP) is 5.08. The number of phenolic OH excluding ortho intramolecular Hbond substituents is 1. The van der Waals surface area contributed by atoms with Crippen LogP contribution >= 0.6 is 15.9 Å². The summed E-state index contributed by atoms with van der Waals surface area (Å²) in [5.74, 6) is -1.87. The molecular weight excluding hydrogens is 558 g/mol. The van der Waals surface area contributed by atoms with Crippen molar-refractivity contribution < 1.29 is 29.2 Å². The first kappa shape index (κ1) is 25.7. The maximum Gasteiger partial charge on any atom is 0.271 e. The highest BCUT2D eigenvalue weighted by Gasteiger charge is 2.60. The number of halogens is 1. The van der Waals surface area contributed by atoms with Crippen molar-refractivity contribution in [3.63, 3.8) is 0 Å². The van der Waals surface area contributed by atoms with Crippen LogP contribution in [0.4, 0.5) is 17.1 Å². The van der Waals surface area contributed by atoms with Crippen LogP contribution < -0.4 is 14.7 Å². The summed E-state index contributed by atoms with van der Waals surface area (Å²) in [5.41, 5.74) is 2.16. The second-order valence-corrected chi connectivity index (χ2v) is 9.77. The van der Waals surface area contributed by atoms with E-state index in [0.717, 1.165) is 16.9 Å². The van der Waals surface area contributed by atoms with Crippen molar-refractivity contribution in [3.05, 3.63) is 86.4 Å². The summed E-state index contributed by atoms with van der Waals surface area (Å²) < 4.78 is 5.91. The summed E-state index contributed by atoms with van der Waals surface area (Å²) in [5, 5.41) is 23.3. The molecule has 5 rings (SSSR count). The Kier molecular flexibility index (Phi) is 6.80. The van der Waals surface area contributed by atoms with E-state index in [4.69, 9.17) is 9.57 Å². The number of carbonyl (C=O) groups is 2. The maximum atomic E-state index is 13.8. The molecular formula is C27H24BrN3O7. The minimum absolute atomic E-state index is 0.112.